The van der Waals surface area contributed by atoms with Crippen LogP contribution in [0.4, 0.5) is 4.79 Å². The van der Waals surface area contributed by atoms with Crippen molar-refractivity contribution in [2.45, 2.75) is 6.61 Å². The third kappa shape index (κ3) is 6.23. The van der Waals surface area contributed by atoms with Crippen molar-refractivity contribution in [3.05, 3.63) is 76.8 Å². The Bertz CT molecular complexity index is 685. The fraction of sp³-hybridized carbons (Fsp3) is 0.0588. The van der Waals surface area contributed by atoms with E-state index in [0.29, 0.717) is 5.02 Å². The molecule has 23 heavy (non-hydrogen) atoms. The maximum atomic E-state index is 11.5. The summed E-state index contributed by atoms with van der Waals surface area (Å²) >= 11 is 5.76. The van der Waals surface area contributed by atoms with Gasteiger partial charge in [-0.2, -0.15) is 0 Å². The van der Waals surface area contributed by atoms with Crippen LogP contribution in [0.3, 0.4) is 0 Å². The Balaban J connectivity index is 1.70. The Labute approximate surface area is 138 Å². The summed E-state index contributed by atoms with van der Waals surface area (Å²) in [4.78, 5) is 23.0. The Hall–Kier alpha value is -2.79. The zero-order valence-electron chi connectivity index (χ0n) is 12.2. The van der Waals surface area contributed by atoms with Gasteiger partial charge < -0.3 is 4.74 Å². The van der Waals surface area contributed by atoms with Crippen molar-refractivity contribution in [3.8, 4) is 0 Å². The molecule has 0 saturated carbocycles. The highest BCUT2D eigenvalue weighted by molar-refractivity contribution is 6.30. The van der Waals surface area contributed by atoms with Crippen LogP contribution in [-0.2, 0) is 16.1 Å². The molecule has 2 amide bonds. The molecule has 2 aromatic carbocycles. The van der Waals surface area contributed by atoms with E-state index in [9.17, 15) is 9.59 Å². The Morgan fingerprint density at radius 2 is 1.70 bits per heavy atom. The minimum absolute atomic E-state index is 0.0821. The third-order valence-corrected chi connectivity index (χ3v) is 3.05. The molecule has 2 N–H and O–H groups in total. The SMILES string of the molecule is O=C(C=Cc1ccccc1)NNC(=O)OCc1ccc(Cl)cc1. The summed E-state index contributed by atoms with van der Waals surface area (Å²) in [6.45, 7) is 0.0821. The molecule has 0 aliphatic rings. The molecular formula is C17H15ClN2O3. The standard InChI is InChI=1S/C17H15ClN2O3/c18-15-9-6-14(7-10-15)12-23-17(22)20-19-16(21)11-8-13-4-2-1-3-5-13/h1-11H,12H2,(H,19,21)(H,20,22). The van der Waals surface area contributed by atoms with E-state index in [4.69, 9.17) is 16.3 Å². The van der Waals surface area contributed by atoms with Crippen molar-refractivity contribution >= 4 is 29.7 Å². The first-order valence-electron chi connectivity index (χ1n) is 6.84. The van der Waals surface area contributed by atoms with Crippen LogP contribution in [0.2, 0.25) is 5.02 Å². The van der Waals surface area contributed by atoms with Crippen LogP contribution in [-0.4, -0.2) is 12.0 Å². The van der Waals surface area contributed by atoms with Gasteiger partial charge in [0.1, 0.15) is 6.61 Å². The van der Waals surface area contributed by atoms with Gasteiger partial charge in [-0.15, -0.1) is 0 Å². The molecule has 0 aliphatic carbocycles. The number of amides is 2. The van der Waals surface area contributed by atoms with Crippen molar-refractivity contribution < 1.29 is 14.3 Å². The lowest BCUT2D eigenvalue weighted by Crippen LogP contribution is -2.41. The minimum atomic E-state index is -0.749. The number of hydrazine groups is 1. The molecule has 6 heteroatoms. The molecule has 0 aromatic heterocycles. The number of rotatable bonds is 4. The topological polar surface area (TPSA) is 67.4 Å². The van der Waals surface area contributed by atoms with Crippen LogP contribution in [0.1, 0.15) is 11.1 Å². The van der Waals surface area contributed by atoms with E-state index in [2.05, 4.69) is 10.9 Å². The summed E-state index contributed by atoms with van der Waals surface area (Å²) in [6, 6.07) is 16.2. The van der Waals surface area contributed by atoms with Gasteiger partial charge in [-0.3, -0.25) is 10.2 Å². The number of carbonyl (C=O) groups is 2. The molecule has 0 spiro atoms. The van der Waals surface area contributed by atoms with Crippen LogP contribution >= 0.6 is 11.6 Å². The summed E-state index contributed by atoms with van der Waals surface area (Å²) in [5, 5.41) is 0.607. The molecule has 0 bridgehead atoms. The fourth-order valence-electron chi connectivity index (χ4n) is 1.66. The van der Waals surface area contributed by atoms with Gasteiger partial charge >= 0.3 is 6.09 Å². The van der Waals surface area contributed by atoms with E-state index in [0.717, 1.165) is 11.1 Å². The Kier molecular flexibility index (Phi) is 6.20. The number of hydrogen-bond acceptors (Lipinski definition) is 3. The monoisotopic (exact) mass is 330 g/mol. The highest BCUT2D eigenvalue weighted by Gasteiger charge is 2.03. The summed E-state index contributed by atoms with van der Waals surface area (Å²) in [7, 11) is 0. The van der Waals surface area contributed by atoms with Crippen molar-refractivity contribution in [2.24, 2.45) is 0 Å². The second-order valence-corrected chi connectivity index (χ2v) is 5.00. The molecule has 0 saturated heterocycles. The maximum absolute atomic E-state index is 11.5. The van der Waals surface area contributed by atoms with Crippen LogP contribution in [0, 0.1) is 0 Å². The highest BCUT2D eigenvalue weighted by atomic mass is 35.5. The summed E-state index contributed by atoms with van der Waals surface area (Å²) in [5.74, 6) is -0.461. The van der Waals surface area contributed by atoms with Gasteiger partial charge in [0.15, 0.2) is 0 Å². The fourth-order valence-corrected chi connectivity index (χ4v) is 1.78. The number of halogens is 1. The molecule has 0 aliphatic heterocycles. The van der Waals surface area contributed by atoms with E-state index in [1.165, 1.54) is 6.08 Å². The molecule has 5 nitrogen and oxygen atoms in total. The molecular weight excluding hydrogens is 316 g/mol. The molecule has 0 radical (unpaired) electrons. The van der Waals surface area contributed by atoms with Gasteiger partial charge in [-0.05, 0) is 29.3 Å². The lowest BCUT2D eigenvalue weighted by atomic mass is 10.2. The van der Waals surface area contributed by atoms with Crippen LogP contribution in [0.5, 0.6) is 0 Å². The van der Waals surface area contributed by atoms with Gasteiger partial charge in [0.25, 0.3) is 5.91 Å². The Morgan fingerprint density at radius 1 is 1.00 bits per heavy atom. The van der Waals surface area contributed by atoms with E-state index in [-0.39, 0.29) is 6.61 Å². The van der Waals surface area contributed by atoms with Crippen LogP contribution in [0.15, 0.2) is 60.7 Å². The van der Waals surface area contributed by atoms with Gasteiger partial charge in [-0.1, -0.05) is 54.1 Å². The lowest BCUT2D eigenvalue weighted by Gasteiger charge is -2.07. The average Bonchev–Trinajstić information content (AvgIpc) is 2.58. The van der Waals surface area contributed by atoms with Gasteiger partial charge in [0, 0.05) is 11.1 Å². The first-order valence-corrected chi connectivity index (χ1v) is 7.21. The van der Waals surface area contributed by atoms with Crippen molar-refractivity contribution in [2.75, 3.05) is 0 Å². The number of benzene rings is 2. The second-order valence-electron chi connectivity index (χ2n) is 4.56. The van der Waals surface area contributed by atoms with Crippen molar-refractivity contribution in [3.63, 3.8) is 0 Å². The normalized spacial score (nSPS) is 10.3. The predicted molar refractivity (Wildman–Crippen MR) is 88.4 cm³/mol. The summed E-state index contributed by atoms with van der Waals surface area (Å²) in [6.07, 6.45) is 2.20. The lowest BCUT2D eigenvalue weighted by molar-refractivity contribution is -0.117. The third-order valence-electron chi connectivity index (χ3n) is 2.80. The molecule has 2 aromatic rings. The number of carbonyl (C=O) groups excluding carboxylic acids is 2. The molecule has 0 fully saturated rings. The zero-order valence-corrected chi connectivity index (χ0v) is 12.9. The van der Waals surface area contributed by atoms with Gasteiger partial charge in [-0.25, -0.2) is 10.2 Å². The van der Waals surface area contributed by atoms with E-state index in [1.54, 1.807) is 30.3 Å². The van der Waals surface area contributed by atoms with Crippen LogP contribution in [0.25, 0.3) is 6.08 Å². The minimum Gasteiger partial charge on any atom is -0.443 e. The molecule has 0 heterocycles. The summed E-state index contributed by atoms with van der Waals surface area (Å²) < 4.78 is 4.95. The van der Waals surface area contributed by atoms with E-state index >= 15 is 0 Å². The second kappa shape index (κ2) is 8.60. The molecule has 2 rings (SSSR count). The molecule has 118 valence electrons. The summed E-state index contributed by atoms with van der Waals surface area (Å²) in [5.41, 5.74) is 6.06. The van der Waals surface area contributed by atoms with Crippen molar-refractivity contribution in [1.82, 2.24) is 10.9 Å². The maximum Gasteiger partial charge on any atom is 0.426 e. The largest absolute Gasteiger partial charge is 0.443 e. The quantitative estimate of drug-likeness (QED) is 0.667. The predicted octanol–water partition coefficient (Wildman–Crippen LogP) is 3.31. The zero-order chi connectivity index (χ0) is 16.5. The first kappa shape index (κ1) is 16.6. The van der Waals surface area contributed by atoms with Crippen molar-refractivity contribution in [1.29, 1.82) is 0 Å². The number of nitrogens with one attached hydrogen (secondary N) is 2. The molecule has 0 atom stereocenters. The molecule has 0 unspecified atom stereocenters. The first-order chi connectivity index (χ1) is 11.1. The highest BCUT2D eigenvalue weighted by Crippen LogP contribution is 2.10. The number of ether oxygens (including phenoxy) is 1. The van der Waals surface area contributed by atoms with Gasteiger partial charge in [0.05, 0.1) is 0 Å². The number of hydrogen-bond donors (Lipinski definition) is 2. The Morgan fingerprint density at radius 3 is 2.39 bits per heavy atom. The van der Waals surface area contributed by atoms with E-state index < -0.39 is 12.0 Å². The van der Waals surface area contributed by atoms with Crippen LogP contribution < -0.4 is 10.9 Å². The average molecular weight is 331 g/mol. The van der Waals surface area contributed by atoms with E-state index in [1.807, 2.05) is 30.3 Å². The van der Waals surface area contributed by atoms with Gasteiger partial charge in [0.2, 0.25) is 0 Å². The smallest absolute Gasteiger partial charge is 0.426 e.